The summed E-state index contributed by atoms with van der Waals surface area (Å²) in [5.74, 6) is 1.55. The zero-order valence-electron chi connectivity index (χ0n) is 15.5. The van der Waals surface area contributed by atoms with Crippen molar-refractivity contribution in [2.75, 3.05) is 36.5 Å². The number of pyridine rings is 2. The van der Waals surface area contributed by atoms with Crippen molar-refractivity contribution >= 4 is 29.5 Å². The van der Waals surface area contributed by atoms with Crippen LogP contribution in [0.4, 0.5) is 11.6 Å². The number of hydrogen-bond donors (Lipinski definition) is 1. The molecular formula is C20H24N6O. The number of nitrogens with zero attached hydrogens (tertiary/aromatic N) is 5. The van der Waals surface area contributed by atoms with E-state index in [2.05, 4.69) is 19.9 Å². The van der Waals surface area contributed by atoms with Gasteiger partial charge in [-0.15, -0.1) is 0 Å². The van der Waals surface area contributed by atoms with E-state index >= 15 is 0 Å². The lowest BCUT2D eigenvalue weighted by molar-refractivity contribution is -0.107. The zero-order valence-corrected chi connectivity index (χ0v) is 15.5. The first-order valence-corrected chi connectivity index (χ1v) is 8.98. The van der Waals surface area contributed by atoms with Gasteiger partial charge in [0.25, 0.3) is 0 Å². The topological polar surface area (TPSA) is 87.7 Å². The van der Waals surface area contributed by atoms with Gasteiger partial charge in [-0.2, -0.15) is 0 Å². The molecular weight excluding hydrogens is 340 g/mol. The minimum atomic E-state index is 0.289. The fraction of sp³-hybridized carbons (Fsp3) is 0.300. The second-order valence-electron chi connectivity index (χ2n) is 6.34. The number of rotatable bonds is 7. The lowest BCUT2D eigenvalue weighted by Gasteiger charge is -2.17. The zero-order chi connectivity index (χ0) is 19.1. The summed E-state index contributed by atoms with van der Waals surface area (Å²) < 4.78 is 0. The summed E-state index contributed by atoms with van der Waals surface area (Å²) in [4.78, 5) is 28.2. The predicted molar refractivity (Wildman–Crippen MR) is 109 cm³/mol. The Morgan fingerprint density at radius 1 is 1.26 bits per heavy atom. The van der Waals surface area contributed by atoms with Crippen LogP contribution < -0.4 is 15.5 Å². The van der Waals surface area contributed by atoms with E-state index in [9.17, 15) is 4.79 Å². The minimum absolute atomic E-state index is 0.289. The van der Waals surface area contributed by atoms with Gasteiger partial charge in [0.2, 0.25) is 6.41 Å². The number of anilines is 2. The number of aromatic nitrogens is 2. The predicted octanol–water partition coefficient (Wildman–Crippen LogP) is 2.11. The molecule has 1 amide bonds. The van der Waals surface area contributed by atoms with Crippen LogP contribution in [0.2, 0.25) is 0 Å². The van der Waals surface area contributed by atoms with Crippen LogP contribution in [0.3, 0.4) is 0 Å². The van der Waals surface area contributed by atoms with Crippen molar-refractivity contribution in [3.63, 3.8) is 0 Å². The van der Waals surface area contributed by atoms with Crippen molar-refractivity contribution in [1.82, 2.24) is 9.97 Å². The summed E-state index contributed by atoms with van der Waals surface area (Å²) >= 11 is 0. The SMILES string of the molecule is CN=C(/C=C(\N)c1ccc(N2CCCC2)nc1)CN(C=O)c1ccccn1. The summed E-state index contributed by atoms with van der Waals surface area (Å²) in [7, 11) is 1.68. The molecule has 0 spiro atoms. The van der Waals surface area contributed by atoms with E-state index in [4.69, 9.17) is 5.73 Å². The molecule has 7 heteroatoms. The number of amides is 1. The molecule has 2 aromatic heterocycles. The Balaban J connectivity index is 1.71. The summed E-state index contributed by atoms with van der Waals surface area (Å²) in [5, 5.41) is 0. The van der Waals surface area contributed by atoms with Crippen LogP contribution >= 0.6 is 0 Å². The average Bonchev–Trinajstić information content (AvgIpc) is 3.26. The molecule has 0 aromatic carbocycles. The molecule has 0 radical (unpaired) electrons. The molecule has 2 N–H and O–H groups in total. The Morgan fingerprint density at radius 3 is 2.67 bits per heavy atom. The maximum atomic E-state index is 11.4. The molecule has 0 saturated carbocycles. The Hall–Kier alpha value is -3.22. The van der Waals surface area contributed by atoms with Gasteiger partial charge in [0, 0.05) is 43.8 Å². The molecule has 3 rings (SSSR count). The Morgan fingerprint density at radius 2 is 2.07 bits per heavy atom. The second kappa shape index (κ2) is 8.93. The van der Waals surface area contributed by atoms with Crippen LogP contribution in [0.1, 0.15) is 18.4 Å². The van der Waals surface area contributed by atoms with Crippen molar-refractivity contribution < 1.29 is 4.79 Å². The lowest BCUT2D eigenvalue weighted by atomic mass is 10.1. The van der Waals surface area contributed by atoms with Crippen LogP contribution in [-0.2, 0) is 4.79 Å². The number of aliphatic imine (C=N–C) groups is 1. The average molecular weight is 364 g/mol. The quantitative estimate of drug-likeness (QED) is 0.600. The summed E-state index contributed by atoms with van der Waals surface area (Å²) in [6.45, 7) is 2.40. The number of carbonyl (C=O) groups excluding carboxylic acids is 1. The molecule has 7 nitrogen and oxygen atoms in total. The maximum Gasteiger partial charge on any atom is 0.215 e. The molecule has 1 aliphatic rings. The van der Waals surface area contributed by atoms with Gasteiger partial charge >= 0.3 is 0 Å². The van der Waals surface area contributed by atoms with Crippen LogP contribution in [0, 0.1) is 0 Å². The van der Waals surface area contributed by atoms with Gasteiger partial charge in [0.05, 0.1) is 12.3 Å². The Labute approximate surface area is 159 Å². The van der Waals surface area contributed by atoms with Crippen LogP contribution in [0.15, 0.2) is 53.8 Å². The van der Waals surface area contributed by atoms with Crippen molar-refractivity contribution in [3.8, 4) is 0 Å². The Kier molecular flexibility index (Phi) is 6.14. The number of hydrogen-bond acceptors (Lipinski definition) is 6. The number of nitrogens with two attached hydrogens (primary N) is 1. The van der Waals surface area contributed by atoms with Crippen molar-refractivity contribution in [3.05, 3.63) is 54.4 Å². The third kappa shape index (κ3) is 4.69. The van der Waals surface area contributed by atoms with E-state index in [1.807, 2.05) is 18.2 Å². The second-order valence-corrected chi connectivity index (χ2v) is 6.34. The molecule has 1 aliphatic heterocycles. The van der Waals surface area contributed by atoms with E-state index < -0.39 is 0 Å². The fourth-order valence-electron chi connectivity index (χ4n) is 3.00. The van der Waals surface area contributed by atoms with Crippen molar-refractivity contribution in [2.45, 2.75) is 12.8 Å². The highest BCUT2D eigenvalue weighted by molar-refractivity contribution is 6.04. The first-order valence-electron chi connectivity index (χ1n) is 8.98. The van der Waals surface area contributed by atoms with E-state index in [-0.39, 0.29) is 6.54 Å². The van der Waals surface area contributed by atoms with Gasteiger partial charge in [0.1, 0.15) is 11.6 Å². The molecule has 0 bridgehead atoms. The summed E-state index contributed by atoms with van der Waals surface area (Å²) in [6.07, 6.45) is 8.36. The summed E-state index contributed by atoms with van der Waals surface area (Å²) in [6, 6.07) is 9.37. The van der Waals surface area contributed by atoms with E-state index in [1.165, 1.54) is 17.7 Å². The maximum absolute atomic E-state index is 11.4. The van der Waals surface area contributed by atoms with Crippen molar-refractivity contribution in [2.24, 2.45) is 10.7 Å². The molecule has 1 fully saturated rings. The van der Waals surface area contributed by atoms with Gasteiger partial charge in [-0.25, -0.2) is 9.97 Å². The summed E-state index contributed by atoms with van der Waals surface area (Å²) in [5.41, 5.74) is 8.30. The van der Waals surface area contributed by atoms with Gasteiger partial charge < -0.3 is 10.6 Å². The smallest absolute Gasteiger partial charge is 0.215 e. The molecule has 0 aliphatic carbocycles. The fourth-order valence-corrected chi connectivity index (χ4v) is 3.00. The van der Waals surface area contributed by atoms with Crippen LogP contribution in [-0.4, -0.2) is 48.8 Å². The highest BCUT2D eigenvalue weighted by Gasteiger charge is 2.14. The molecule has 27 heavy (non-hydrogen) atoms. The van der Waals surface area contributed by atoms with Crippen LogP contribution in [0.5, 0.6) is 0 Å². The Bertz CT molecular complexity index is 810. The van der Waals surface area contributed by atoms with Gasteiger partial charge in [0.15, 0.2) is 0 Å². The van der Waals surface area contributed by atoms with E-state index in [0.29, 0.717) is 17.2 Å². The van der Waals surface area contributed by atoms with E-state index in [1.54, 1.807) is 37.7 Å². The molecule has 2 aromatic rings. The van der Waals surface area contributed by atoms with Gasteiger partial charge in [-0.05, 0) is 43.2 Å². The minimum Gasteiger partial charge on any atom is -0.398 e. The monoisotopic (exact) mass is 364 g/mol. The molecule has 140 valence electrons. The lowest BCUT2D eigenvalue weighted by Crippen LogP contribution is -2.28. The van der Waals surface area contributed by atoms with E-state index in [0.717, 1.165) is 30.9 Å². The standard InChI is InChI=1S/C20H24N6O/c1-22-17(14-26(15-27)19-6-2-3-9-23-19)12-18(21)16-7-8-20(24-13-16)25-10-4-5-11-25/h2-3,6-9,12-13,15H,4-5,10-11,14,21H2,1H3/b18-12-,22-17?. The van der Waals surface area contributed by atoms with Crippen molar-refractivity contribution in [1.29, 1.82) is 0 Å². The van der Waals surface area contributed by atoms with Gasteiger partial charge in [-0.3, -0.25) is 14.7 Å². The molecule has 0 atom stereocenters. The third-order valence-electron chi connectivity index (χ3n) is 4.52. The molecule has 1 saturated heterocycles. The first kappa shape index (κ1) is 18.6. The highest BCUT2D eigenvalue weighted by atomic mass is 16.1. The largest absolute Gasteiger partial charge is 0.398 e. The number of carbonyl (C=O) groups is 1. The van der Waals surface area contributed by atoms with Crippen LogP contribution in [0.25, 0.3) is 5.70 Å². The molecule has 0 unspecified atom stereocenters. The normalized spacial score (nSPS) is 15.1. The third-order valence-corrected chi connectivity index (χ3v) is 4.52. The van der Waals surface area contributed by atoms with Gasteiger partial charge in [-0.1, -0.05) is 6.07 Å². The first-order chi connectivity index (χ1) is 13.2. The highest BCUT2D eigenvalue weighted by Crippen LogP contribution is 2.19. The molecule has 3 heterocycles.